The molecule has 2 aromatic heterocycles. The molecular weight excluding hydrogens is 566 g/mol. The van der Waals surface area contributed by atoms with Gasteiger partial charge in [-0.25, -0.2) is 4.98 Å². The Hall–Kier alpha value is -3.09. The number of hydrogen-bond donors (Lipinski definition) is 0. The SMILES string of the molecule is O=C(Cn1cc(C(F)(F)F)ccc1=O)N1CCN(c2nc(C3=NOC(c4c(Cl)cccc4Cl)C3)cs2)CC1. The van der Waals surface area contributed by atoms with Crippen LogP contribution in [0.4, 0.5) is 18.3 Å². The van der Waals surface area contributed by atoms with Crippen molar-refractivity contribution in [2.45, 2.75) is 25.2 Å². The molecule has 1 atom stereocenters. The van der Waals surface area contributed by atoms with E-state index < -0.39 is 35.9 Å². The number of piperazine rings is 1. The monoisotopic (exact) mass is 585 g/mol. The maximum Gasteiger partial charge on any atom is 0.417 e. The molecule has 2 aliphatic rings. The summed E-state index contributed by atoms with van der Waals surface area (Å²) in [6.07, 6.45) is -3.87. The Morgan fingerprint density at radius 1 is 1.11 bits per heavy atom. The predicted octanol–water partition coefficient (Wildman–Crippen LogP) is 4.84. The molecule has 0 saturated carbocycles. The van der Waals surface area contributed by atoms with Crippen molar-refractivity contribution < 1.29 is 22.8 Å². The largest absolute Gasteiger partial charge is 0.417 e. The number of hydrogen-bond acceptors (Lipinski definition) is 7. The van der Waals surface area contributed by atoms with Gasteiger partial charge < -0.3 is 19.2 Å². The topological polar surface area (TPSA) is 80.0 Å². The van der Waals surface area contributed by atoms with Gasteiger partial charge in [0, 0.05) is 65.9 Å². The summed E-state index contributed by atoms with van der Waals surface area (Å²) >= 11 is 14.0. The van der Waals surface area contributed by atoms with Gasteiger partial charge in [0.15, 0.2) is 11.2 Å². The van der Waals surface area contributed by atoms with Gasteiger partial charge in [0.05, 0.1) is 5.56 Å². The van der Waals surface area contributed by atoms with Crippen molar-refractivity contribution in [1.29, 1.82) is 0 Å². The molecule has 0 radical (unpaired) electrons. The van der Waals surface area contributed by atoms with E-state index in [-0.39, 0.29) is 0 Å². The number of rotatable bonds is 5. The molecule has 3 aromatic rings. The molecule has 1 saturated heterocycles. The number of carbonyl (C=O) groups excluding carboxylic acids is 1. The molecule has 5 rings (SSSR count). The summed E-state index contributed by atoms with van der Waals surface area (Å²) in [5.41, 5.74) is 0.385. The number of amides is 1. The highest BCUT2D eigenvalue weighted by Gasteiger charge is 2.32. The van der Waals surface area contributed by atoms with Gasteiger partial charge in [-0.1, -0.05) is 34.4 Å². The first-order valence-corrected chi connectivity index (χ1v) is 13.2. The summed E-state index contributed by atoms with van der Waals surface area (Å²) in [4.78, 5) is 38.5. The maximum atomic E-state index is 13.0. The fourth-order valence-electron chi connectivity index (χ4n) is 4.26. The van der Waals surface area contributed by atoms with Crippen LogP contribution >= 0.6 is 34.5 Å². The van der Waals surface area contributed by atoms with Crippen LogP contribution in [0.1, 0.15) is 29.3 Å². The lowest BCUT2D eigenvalue weighted by Crippen LogP contribution is -2.50. The fraction of sp³-hybridized carbons (Fsp3) is 0.333. The van der Waals surface area contributed by atoms with Gasteiger partial charge in [-0.15, -0.1) is 11.3 Å². The van der Waals surface area contributed by atoms with Gasteiger partial charge in [0.1, 0.15) is 18.0 Å². The summed E-state index contributed by atoms with van der Waals surface area (Å²) in [5.74, 6) is -0.423. The Kier molecular flexibility index (Phi) is 7.38. The molecule has 38 heavy (non-hydrogen) atoms. The number of carbonyl (C=O) groups is 1. The lowest BCUT2D eigenvalue weighted by atomic mass is 10.0. The van der Waals surface area contributed by atoms with Crippen LogP contribution in [0.25, 0.3) is 0 Å². The minimum Gasteiger partial charge on any atom is -0.387 e. The van der Waals surface area contributed by atoms with E-state index in [0.29, 0.717) is 71.9 Å². The van der Waals surface area contributed by atoms with E-state index in [4.69, 9.17) is 28.0 Å². The zero-order chi connectivity index (χ0) is 27.0. The first-order valence-electron chi connectivity index (χ1n) is 11.5. The molecule has 0 N–H and O–H groups in total. The highest BCUT2D eigenvalue weighted by molar-refractivity contribution is 7.14. The van der Waals surface area contributed by atoms with E-state index in [9.17, 15) is 22.8 Å². The molecule has 1 fully saturated rings. The molecule has 0 spiro atoms. The number of halogens is 5. The highest BCUT2D eigenvalue weighted by Crippen LogP contribution is 2.38. The van der Waals surface area contributed by atoms with E-state index in [2.05, 4.69) is 10.1 Å². The van der Waals surface area contributed by atoms with Crippen LogP contribution in [0.2, 0.25) is 10.0 Å². The number of pyridine rings is 1. The molecule has 1 aromatic carbocycles. The van der Waals surface area contributed by atoms with E-state index in [1.54, 1.807) is 18.2 Å². The summed E-state index contributed by atoms with van der Waals surface area (Å²) in [6.45, 7) is 1.20. The van der Waals surface area contributed by atoms with Crippen LogP contribution in [0, 0.1) is 0 Å². The first kappa shape index (κ1) is 26.5. The van der Waals surface area contributed by atoms with Crippen LogP contribution in [0.3, 0.4) is 0 Å². The number of anilines is 1. The zero-order valence-corrected chi connectivity index (χ0v) is 21.9. The van der Waals surface area contributed by atoms with Crippen molar-refractivity contribution >= 4 is 51.3 Å². The molecule has 8 nitrogen and oxygen atoms in total. The average molecular weight is 586 g/mol. The van der Waals surface area contributed by atoms with Gasteiger partial charge in [0.2, 0.25) is 5.91 Å². The molecule has 200 valence electrons. The second-order valence-corrected chi connectivity index (χ2v) is 10.4. The molecule has 0 aliphatic carbocycles. The molecular formula is C24H20Cl2F3N5O3S. The Labute approximate surface area is 228 Å². The van der Waals surface area contributed by atoms with Crippen molar-refractivity contribution in [3.8, 4) is 0 Å². The van der Waals surface area contributed by atoms with E-state index in [1.165, 1.54) is 16.2 Å². The van der Waals surface area contributed by atoms with Crippen molar-refractivity contribution in [1.82, 2.24) is 14.5 Å². The van der Waals surface area contributed by atoms with E-state index in [0.717, 1.165) is 15.8 Å². The third-order valence-electron chi connectivity index (χ3n) is 6.30. The summed E-state index contributed by atoms with van der Waals surface area (Å²) in [5, 5.41) is 7.82. The number of alkyl halides is 3. The number of thiazole rings is 1. The minimum absolute atomic E-state index is 0.346. The number of oxime groups is 1. The van der Waals surface area contributed by atoms with Gasteiger partial charge in [-0.2, -0.15) is 13.2 Å². The molecule has 4 heterocycles. The number of aromatic nitrogens is 2. The van der Waals surface area contributed by atoms with Crippen LogP contribution in [0.5, 0.6) is 0 Å². The van der Waals surface area contributed by atoms with Gasteiger partial charge in [-0.3, -0.25) is 9.59 Å². The van der Waals surface area contributed by atoms with E-state index >= 15 is 0 Å². The van der Waals surface area contributed by atoms with Crippen LogP contribution in [0.15, 0.2) is 51.9 Å². The maximum absolute atomic E-state index is 13.0. The summed E-state index contributed by atoms with van der Waals surface area (Å²) in [6, 6.07) is 6.77. The van der Waals surface area contributed by atoms with Gasteiger partial charge >= 0.3 is 6.18 Å². The Bertz CT molecular complexity index is 1430. The normalized spacial score (nSPS) is 17.9. The van der Waals surface area contributed by atoms with Crippen molar-refractivity contribution in [3.63, 3.8) is 0 Å². The lowest BCUT2D eigenvalue weighted by Gasteiger charge is -2.34. The molecule has 2 aliphatic heterocycles. The summed E-state index contributed by atoms with van der Waals surface area (Å²) < 4.78 is 39.7. The highest BCUT2D eigenvalue weighted by atomic mass is 35.5. The number of benzene rings is 1. The molecule has 1 unspecified atom stereocenters. The third kappa shape index (κ3) is 5.52. The third-order valence-corrected chi connectivity index (χ3v) is 7.86. The average Bonchev–Trinajstić information content (AvgIpc) is 3.55. The van der Waals surface area contributed by atoms with Crippen molar-refractivity contribution in [3.05, 3.63) is 79.1 Å². The Morgan fingerprint density at radius 2 is 1.82 bits per heavy atom. The van der Waals surface area contributed by atoms with Crippen molar-refractivity contribution in [2.75, 3.05) is 31.1 Å². The van der Waals surface area contributed by atoms with E-state index in [1.807, 2.05) is 10.3 Å². The predicted molar refractivity (Wildman–Crippen MR) is 138 cm³/mol. The molecule has 1 amide bonds. The van der Waals surface area contributed by atoms with Crippen LogP contribution in [-0.4, -0.2) is 52.2 Å². The second-order valence-electron chi connectivity index (χ2n) is 8.74. The van der Waals surface area contributed by atoms with Crippen LogP contribution < -0.4 is 10.5 Å². The zero-order valence-electron chi connectivity index (χ0n) is 19.6. The summed E-state index contributed by atoms with van der Waals surface area (Å²) in [7, 11) is 0. The Morgan fingerprint density at radius 3 is 2.50 bits per heavy atom. The molecule has 14 heteroatoms. The molecule has 0 bridgehead atoms. The Balaban J connectivity index is 1.18. The number of nitrogens with zero attached hydrogens (tertiary/aromatic N) is 5. The minimum atomic E-state index is -4.60. The standard InChI is InChI=1S/C24H20Cl2F3N5O3S/c25-15-2-1-3-16(26)22(15)19-10-17(31-37-19)18-13-38-23(30-18)33-8-6-32(7-9-33)21(36)12-34-11-14(24(27,28)29)4-5-20(34)35/h1-5,11,13,19H,6-10,12H2. The van der Waals surface area contributed by atoms with Gasteiger partial charge in [-0.05, 0) is 18.2 Å². The van der Waals surface area contributed by atoms with Crippen LogP contribution in [-0.2, 0) is 22.4 Å². The lowest BCUT2D eigenvalue weighted by molar-refractivity contribution is -0.138. The fourth-order valence-corrected chi connectivity index (χ4v) is 5.79. The quantitative estimate of drug-likeness (QED) is 0.428. The smallest absolute Gasteiger partial charge is 0.387 e. The van der Waals surface area contributed by atoms with Crippen molar-refractivity contribution in [2.24, 2.45) is 5.16 Å². The first-order chi connectivity index (χ1) is 18.1. The second kappa shape index (κ2) is 10.6. The van der Waals surface area contributed by atoms with Gasteiger partial charge in [0.25, 0.3) is 5.56 Å².